The average Bonchev–Trinajstić information content (AvgIpc) is 0.777. The SMILES string of the molecule is CC(C)(C)c1cccc(-c2cc(C(C)(C)C)cc(-c3cccc(C(C)(C)C)c3)c2N(c2cccc(Br)c2)c2cc(N(c3cccc(Br)c3)c3c(-c4cccc(C(C)(C)C)c4)cc(C(C)(C)C)cc3-c3cccc(C(C)(C)C)c3)cc(C(C)(C)C)c2)c1. The minimum absolute atomic E-state index is 0.0809. The van der Waals surface area contributed by atoms with Gasteiger partial charge in [0, 0.05) is 53.9 Å². The van der Waals surface area contributed by atoms with E-state index >= 15 is 0 Å². The Kier molecular flexibility index (Phi) is 17.5. The summed E-state index contributed by atoms with van der Waals surface area (Å²) in [5.41, 5.74) is 23.8. The lowest BCUT2D eigenvalue weighted by Gasteiger charge is -2.36. The van der Waals surface area contributed by atoms with Gasteiger partial charge in [-0.05, 0) is 178 Å². The molecule has 0 saturated heterocycles. The molecule has 0 spiro atoms. The van der Waals surface area contributed by atoms with E-state index in [-0.39, 0.29) is 37.9 Å². The van der Waals surface area contributed by atoms with Crippen LogP contribution in [0.2, 0.25) is 0 Å². The van der Waals surface area contributed by atoms with Gasteiger partial charge >= 0.3 is 0 Å². The quantitative estimate of drug-likeness (QED) is 0.135. The van der Waals surface area contributed by atoms with Gasteiger partial charge in [0.15, 0.2) is 0 Å². The van der Waals surface area contributed by atoms with Crippen LogP contribution in [0.25, 0.3) is 44.5 Å². The summed E-state index contributed by atoms with van der Waals surface area (Å²) in [5.74, 6) is 0. The third-order valence-electron chi connectivity index (χ3n) is 17.0. The molecule has 86 heavy (non-hydrogen) atoms. The summed E-state index contributed by atoms with van der Waals surface area (Å²) < 4.78 is 2.01. The number of hydrogen-bond donors (Lipinski definition) is 0. The summed E-state index contributed by atoms with van der Waals surface area (Å²) >= 11 is 8.06. The number of hydrogen-bond acceptors (Lipinski definition) is 2. The molecule has 0 unspecified atom stereocenters. The molecule has 446 valence electrons. The first-order valence-corrected chi connectivity index (χ1v) is 32.5. The summed E-state index contributed by atoms with van der Waals surface area (Å²) in [6.45, 7) is 49.0. The van der Waals surface area contributed by atoms with Gasteiger partial charge in [-0.1, -0.05) is 286 Å². The number of rotatable bonds is 10. The van der Waals surface area contributed by atoms with Crippen molar-refractivity contribution in [3.8, 4) is 44.5 Å². The van der Waals surface area contributed by atoms with Crippen molar-refractivity contribution >= 4 is 66.0 Å². The van der Waals surface area contributed by atoms with Gasteiger partial charge in [0.05, 0.1) is 11.4 Å². The molecule has 9 aromatic rings. The molecule has 0 heterocycles. The highest BCUT2D eigenvalue weighted by Crippen LogP contribution is 2.55. The summed E-state index contributed by atoms with van der Waals surface area (Å²) in [5, 5.41) is 0. The molecule has 9 rings (SSSR count). The first-order valence-electron chi connectivity index (χ1n) is 30.9. The van der Waals surface area contributed by atoms with Crippen LogP contribution >= 0.6 is 31.9 Å². The zero-order chi connectivity index (χ0) is 62.9. The van der Waals surface area contributed by atoms with Crippen LogP contribution in [0.4, 0.5) is 34.1 Å². The standard InChI is InChI=1S/C82H94Br2N2/c1-76(2,3)57-32-22-28-53(40-57)70-46-62(81(16,17)18)47-71(54-29-23-33-58(41-54)77(4,5)6)74(70)85(66-38-26-36-64(83)50-66)68-44-61(80(13,14)15)45-69(52-68)86(67-39-27-37-65(84)51-67)75-72(55-30-24-34-59(42-55)78(7,8)9)48-63(82(19,20)21)49-73(75)56-31-25-35-60(43-56)79(10,11)12/h22-52H,1-21H3. The summed E-state index contributed by atoms with van der Waals surface area (Å²) in [7, 11) is 0. The van der Waals surface area contributed by atoms with E-state index in [0.29, 0.717) is 0 Å². The molecule has 0 amide bonds. The van der Waals surface area contributed by atoms with Crippen molar-refractivity contribution in [2.24, 2.45) is 0 Å². The lowest BCUT2D eigenvalue weighted by Crippen LogP contribution is -2.20. The van der Waals surface area contributed by atoms with Gasteiger partial charge < -0.3 is 9.80 Å². The third kappa shape index (κ3) is 14.1. The topological polar surface area (TPSA) is 6.48 Å². The van der Waals surface area contributed by atoms with Crippen LogP contribution in [-0.2, 0) is 37.9 Å². The minimum Gasteiger partial charge on any atom is -0.309 e. The van der Waals surface area contributed by atoms with Crippen molar-refractivity contribution in [2.75, 3.05) is 9.80 Å². The van der Waals surface area contributed by atoms with E-state index in [1.54, 1.807) is 0 Å². The van der Waals surface area contributed by atoms with Gasteiger partial charge in [0.25, 0.3) is 0 Å². The van der Waals surface area contributed by atoms with Gasteiger partial charge in [0.1, 0.15) is 0 Å². The van der Waals surface area contributed by atoms with Gasteiger partial charge in [-0.2, -0.15) is 0 Å². The Bertz CT molecular complexity index is 3550. The lowest BCUT2D eigenvalue weighted by atomic mass is 9.79. The van der Waals surface area contributed by atoms with E-state index in [9.17, 15) is 0 Å². The molecule has 0 aliphatic heterocycles. The molecule has 0 fully saturated rings. The first kappa shape index (κ1) is 64.0. The van der Waals surface area contributed by atoms with E-state index in [4.69, 9.17) is 0 Å². The highest BCUT2D eigenvalue weighted by molar-refractivity contribution is 9.10. The molecule has 0 aliphatic rings. The van der Waals surface area contributed by atoms with Crippen molar-refractivity contribution in [3.05, 3.63) is 236 Å². The van der Waals surface area contributed by atoms with Crippen LogP contribution < -0.4 is 9.80 Å². The van der Waals surface area contributed by atoms with Crippen LogP contribution in [0.15, 0.2) is 197 Å². The highest BCUT2D eigenvalue weighted by Gasteiger charge is 2.33. The fraction of sp³-hybridized carbons (Fsp3) is 0.341. The Labute approximate surface area is 535 Å². The van der Waals surface area contributed by atoms with Crippen molar-refractivity contribution < 1.29 is 0 Å². The Morgan fingerprint density at radius 1 is 0.221 bits per heavy atom. The Balaban J connectivity index is 1.52. The van der Waals surface area contributed by atoms with Crippen molar-refractivity contribution in [1.82, 2.24) is 0 Å². The molecule has 0 aromatic heterocycles. The molecule has 9 aromatic carbocycles. The Morgan fingerprint density at radius 2 is 0.453 bits per heavy atom. The van der Waals surface area contributed by atoms with Crippen LogP contribution in [-0.4, -0.2) is 0 Å². The zero-order valence-electron chi connectivity index (χ0n) is 55.5. The maximum Gasteiger partial charge on any atom is 0.0618 e. The number of anilines is 6. The van der Waals surface area contributed by atoms with Gasteiger partial charge in [-0.3, -0.25) is 0 Å². The van der Waals surface area contributed by atoms with Crippen LogP contribution in [0.3, 0.4) is 0 Å². The zero-order valence-corrected chi connectivity index (χ0v) is 58.7. The monoisotopic (exact) mass is 1260 g/mol. The second-order valence-electron chi connectivity index (χ2n) is 31.3. The molecule has 0 saturated carbocycles. The predicted molar refractivity (Wildman–Crippen MR) is 384 cm³/mol. The largest absolute Gasteiger partial charge is 0.309 e. The van der Waals surface area contributed by atoms with Crippen LogP contribution in [0.5, 0.6) is 0 Å². The summed E-state index contributed by atoms with van der Waals surface area (Å²) in [6.07, 6.45) is 0. The fourth-order valence-corrected chi connectivity index (χ4v) is 12.2. The molecule has 2 nitrogen and oxygen atoms in total. The Morgan fingerprint density at radius 3 is 0.686 bits per heavy atom. The number of benzene rings is 9. The van der Waals surface area contributed by atoms with Gasteiger partial charge in [-0.15, -0.1) is 0 Å². The minimum atomic E-state index is -0.287. The molecule has 0 N–H and O–H groups in total. The molecule has 0 bridgehead atoms. The molecule has 0 aliphatic carbocycles. The predicted octanol–water partition coefficient (Wildman–Crippen LogP) is 25.9. The molecular weight excluding hydrogens is 1170 g/mol. The van der Waals surface area contributed by atoms with Crippen LogP contribution in [0.1, 0.15) is 184 Å². The van der Waals surface area contributed by atoms with E-state index < -0.39 is 0 Å². The maximum absolute atomic E-state index is 4.03. The Hall–Kier alpha value is -6.46. The third-order valence-corrected chi connectivity index (χ3v) is 18.0. The number of halogens is 2. The highest BCUT2D eigenvalue weighted by atomic mass is 79.9. The second-order valence-corrected chi connectivity index (χ2v) is 33.1. The normalized spacial score (nSPS) is 12.8. The maximum atomic E-state index is 4.03. The van der Waals surface area contributed by atoms with Crippen molar-refractivity contribution in [1.29, 1.82) is 0 Å². The number of nitrogens with zero attached hydrogens (tertiary/aromatic N) is 2. The van der Waals surface area contributed by atoms with Gasteiger partial charge in [-0.25, -0.2) is 0 Å². The summed E-state index contributed by atoms with van der Waals surface area (Å²) in [6, 6.07) is 72.5. The average molecular weight is 1270 g/mol. The van der Waals surface area contributed by atoms with Crippen molar-refractivity contribution in [2.45, 2.75) is 183 Å². The van der Waals surface area contributed by atoms with E-state index in [1.807, 2.05) is 0 Å². The molecule has 0 atom stereocenters. The first-order chi connectivity index (χ1) is 39.9. The lowest BCUT2D eigenvalue weighted by molar-refractivity contribution is 0.589. The van der Waals surface area contributed by atoms with Crippen molar-refractivity contribution in [3.63, 3.8) is 0 Å². The van der Waals surface area contributed by atoms with E-state index in [1.165, 1.54) is 83.5 Å². The second kappa shape index (κ2) is 23.6. The van der Waals surface area contributed by atoms with Crippen LogP contribution in [0, 0.1) is 0 Å². The molecular formula is C82H94Br2N2. The smallest absolute Gasteiger partial charge is 0.0618 e. The van der Waals surface area contributed by atoms with E-state index in [0.717, 1.165) is 43.1 Å². The summed E-state index contributed by atoms with van der Waals surface area (Å²) in [4.78, 5) is 5.16. The molecule has 4 heteroatoms. The van der Waals surface area contributed by atoms with Gasteiger partial charge in [0.2, 0.25) is 0 Å². The fourth-order valence-electron chi connectivity index (χ4n) is 11.4. The van der Waals surface area contributed by atoms with E-state index in [2.05, 4.69) is 375 Å². The molecule has 0 radical (unpaired) electrons.